The topological polar surface area (TPSA) is 82.3 Å². The van der Waals surface area contributed by atoms with Crippen LogP contribution in [0.4, 0.5) is 8.78 Å². The summed E-state index contributed by atoms with van der Waals surface area (Å²) in [7, 11) is 0. The van der Waals surface area contributed by atoms with Gasteiger partial charge in [-0.2, -0.15) is 5.26 Å². The summed E-state index contributed by atoms with van der Waals surface area (Å²) in [5.41, 5.74) is -2.80. The van der Waals surface area contributed by atoms with Crippen molar-refractivity contribution in [2.45, 2.75) is 38.9 Å². The molecule has 2 N–H and O–H groups in total. The first-order valence-electron chi connectivity index (χ1n) is 7.67. The maximum Gasteiger partial charge on any atom is 0.257 e. The standard InChI is InChI=1S/C17H20F2N2O3/c1-4-24-13-7-17(23,16(13,2)3)9-21-15(22)14-11(18)5-10(8-20)6-12(14)19/h5-6,13,23H,4,7,9H2,1-3H3,(H,21,22)/t13-,17-/m0/s1. The third kappa shape index (κ3) is 2.99. The number of carbonyl (C=O) groups is 1. The molecule has 130 valence electrons. The Labute approximate surface area is 139 Å². The second-order valence-corrected chi connectivity index (χ2v) is 6.51. The van der Waals surface area contributed by atoms with Crippen LogP contribution in [0.1, 0.15) is 43.1 Å². The number of ether oxygens (including phenoxy) is 1. The van der Waals surface area contributed by atoms with Gasteiger partial charge in [-0.3, -0.25) is 4.79 Å². The Kier molecular flexibility index (Phi) is 4.92. The van der Waals surface area contributed by atoms with Gasteiger partial charge in [-0.25, -0.2) is 8.78 Å². The van der Waals surface area contributed by atoms with E-state index in [1.54, 1.807) is 6.07 Å². The van der Waals surface area contributed by atoms with Crippen LogP contribution in [-0.2, 0) is 4.74 Å². The molecule has 0 unspecified atom stereocenters. The van der Waals surface area contributed by atoms with E-state index < -0.39 is 34.1 Å². The fourth-order valence-corrected chi connectivity index (χ4v) is 2.93. The van der Waals surface area contributed by atoms with Crippen LogP contribution in [0.25, 0.3) is 0 Å². The molecule has 1 aliphatic rings. The number of halogens is 2. The zero-order valence-electron chi connectivity index (χ0n) is 13.8. The highest BCUT2D eigenvalue weighted by molar-refractivity contribution is 5.95. The van der Waals surface area contributed by atoms with Crippen molar-refractivity contribution in [3.05, 3.63) is 34.9 Å². The van der Waals surface area contributed by atoms with E-state index in [0.29, 0.717) is 13.0 Å². The van der Waals surface area contributed by atoms with Crippen LogP contribution in [0, 0.1) is 28.4 Å². The van der Waals surface area contributed by atoms with Crippen LogP contribution in [-0.4, -0.2) is 35.9 Å². The summed E-state index contributed by atoms with van der Waals surface area (Å²) in [6.07, 6.45) is 0.180. The average Bonchev–Trinajstić information content (AvgIpc) is 2.51. The Hall–Kier alpha value is -2.04. The molecular formula is C17H20F2N2O3. The fourth-order valence-electron chi connectivity index (χ4n) is 2.93. The van der Waals surface area contributed by atoms with Gasteiger partial charge in [0.2, 0.25) is 0 Å². The van der Waals surface area contributed by atoms with Crippen LogP contribution >= 0.6 is 0 Å². The first kappa shape index (κ1) is 18.3. The minimum atomic E-state index is -1.22. The van der Waals surface area contributed by atoms with Gasteiger partial charge < -0.3 is 15.2 Å². The monoisotopic (exact) mass is 338 g/mol. The largest absolute Gasteiger partial charge is 0.387 e. The molecule has 1 aromatic rings. The van der Waals surface area contributed by atoms with E-state index in [1.807, 2.05) is 20.8 Å². The molecule has 1 fully saturated rings. The van der Waals surface area contributed by atoms with Crippen molar-refractivity contribution in [3.63, 3.8) is 0 Å². The molecule has 7 heteroatoms. The van der Waals surface area contributed by atoms with E-state index in [1.165, 1.54) is 0 Å². The highest BCUT2D eigenvalue weighted by Crippen LogP contribution is 2.50. The second-order valence-electron chi connectivity index (χ2n) is 6.51. The summed E-state index contributed by atoms with van der Waals surface area (Å²) in [6.45, 7) is 5.84. The van der Waals surface area contributed by atoms with E-state index in [4.69, 9.17) is 10.00 Å². The number of benzene rings is 1. The molecule has 0 aromatic heterocycles. The van der Waals surface area contributed by atoms with Crippen molar-refractivity contribution in [2.75, 3.05) is 13.2 Å². The molecule has 5 nitrogen and oxygen atoms in total. The van der Waals surface area contributed by atoms with Gasteiger partial charge in [0, 0.05) is 25.0 Å². The highest BCUT2D eigenvalue weighted by atomic mass is 19.1. The number of nitrogens with zero attached hydrogens (tertiary/aromatic N) is 1. The molecule has 2 atom stereocenters. The molecule has 1 aliphatic carbocycles. The Morgan fingerprint density at radius 1 is 1.46 bits per heavy atom. The Balaban J connectivity index is 2.09. The lowest BCUT2D eigenvalue weighted by Gasteiger charge is -2.57. The second kappa shape index (κ2) is 6.46. The third-order valence-corrected chi connectivity index (χ3v) is 4.83. The number of hydrogen-bond donors (Lipinski definition) is 2. The van der Waals surface area contributed by atoms with Gasteiger partial charge in [-0.1, -0.05) is 13.8 Å². The lowest BCUT2D eigenvalue weighted by molar-refractivity contribution is -0.237. The van der Waals surface area contributed by atoms with Gasteiger partial charge in [0.15, 0.2) is 0 Å². The zero-order chi connectivity index (χ0) is 18.1. The molecule has 1 amide bonds. The predicted molar refractivity (Wildman–Crippen MR) is 82.2 cm³/mol. The van der Waals surface area contributed by atoms with Gasteiger partial charge in [-0.05, 0) is 19.1 Å². The molecule has 24 heavy (non-hydrogen) atoms. The van der Waals surface area contributed by atoms with E-state index in [-0.39, 0.29) is 18.2 Å². The third-order valence-electron chi connectivity index (χ3n) is 4.83. The van der Waals surface area contributed by atoms with Crippen molar-refractivity contribution in [3.8, 4) is 6.07 Å². The summed E-state index contributed by atoms with van der Waals surface area (Å²) in [6, 6.07) is 3.20. The number of hydrogen-bond acceptors (Lipinski definition) is 4. The van der Waals surface area contributed by atoms with Crippen molar-refractivity contribution >= 4 is 5.91 Å². The Morgan fingerprint density at radius 3 is 2.50 bits per heavy atom. The van der Waals surface area contributed by atoms with Gasteiger partial charge in [0.25, 0.3) is 5.91 Å². The van der Waals surface area contributed by atoms with Crippen LogP contribution in [0.15, 0.2) is 12.1 Å². The Bertz CT molecular complexity index is 677. The van der Waals surface area contributed by atoms with Gasteiger partial charge in [0.05, 0.1) is 23.3 Å². The molecule has 0 spiro atoms. The number of aliphatic hydroxyl groups is 1. The van der Waals surface area contributed by atoms with E-state index >= 15 is 0 Å². The lowest BCUT2D eigenvalue weighted by atomic mass is 9.56. The number of amides is 1. The number of nitrogens with one attached hydrogen (secondary N) is 1. The maximum absolute atomic E-state index is 13.8. The summed E-state index contributed by atoms with van der Waals surface area (Å²) >= 11 is 0. The van der Waals surface area contributed by atoms with Crippen LogP contribution in [0.2, 0.25) is 0 Å². The van der Waals surface area contributed by atoms with Crippen molar-refractivity contribution < 1.29 is 23.4 Å². The van der Waals surface area contributed by atoms with Crippen LogP contribution in [0.5, 0.6) is 0 Å². The SMILES string of the molecule is CCO[C@H]1C[C@](O)(CNC(=O)c2c(F)cc(C#N)cc2F)C1(C)C. The fraction of sp³-hybridized carbons (Fsp3) is 0.529. The van der Waals surface area contributed by atoms with Crippen molar-refractivity contribution in [1.82, 2.24) is 5.32 Å². The van der Waals surface area contributed by atoms with E-state index in [2.05, 4.69) is 5.32 Å². The quantitative estimate of drug-likeness (QED) is 0.862. The van der Waals surface area contributed by atoms with Gasteiger partial charge >= 0.3 is 0 Å². The minimum absolute atomic E-state index is 0.146. The molecule has 1 aromatic carbocycles. The predicted octanol–water partition coefficient (Wildman–Crippen LogP) is 2.13. The molecular weight excluding hydrogens is 318 g/mol. The first-order valence-corrected chi connectivity index (χ1v) is 7.67. The average molecular weight is 338 g/mol. The lowest BCUT2D eigenvalue weighted by Crippen LogP contribution is -2.68. The first-order chi connectivity index (χ1) is 11.2. The molecule has 2 rings (SSSR count). The van der Waals surface area contributed by atoms with Gasteiger partial charge in [0.1, 0.15) is 17.2 Å². The number of nitriles is 1. The molecule has 0 radical (unpaired) electrons. The highest BCUT2D eigenvalue weighted by Gasteiger charge is 2.60. The van der Waals surface area contributed by atoms with E-state index in [9.17, 15) is 18.7 Å². The number of carbonyl (C=O) groups excluding carboxylic acids is 1. The Morgan fingerprint density at radius 2 is 2.04 bits per heavy atom. The summed E-state index contributed by atoms with van der Waals surface area (Å²) in [5, 5.41) is 21.7. The summed E-state index contributed by atoms with van der Waals surface area (Å²) in [4.78, 5) is 12.1. The summed E-state index contributed by atoms with van der Waals surface area (Å²) < 4.78 is 33.2. The molecule has 0 heterocycles. The smallest absolute Gasteiger partial charge is 0.257 e. The van der Waals surface area contributed by atoms with E-state index in [0.717, 1.165) is 12.1 Å². The van der Waals surface area contributed by atoms with Crippen LogP contribution in [0.3, 0.4) is 0 Å². The van der Waals surface area contributed by atoms with Crippen molar-refractivity contribution in [1.29, 1.82) is 5.26 Å². The zero-order valence-corrected chi connectivity index (χ0v) is 13.8. The van der Waals surface area contributed by atoms with Gasteiger partial charge in [-0.15, -0.1) is 0 Å². The maximum atomic E-state index is 13.8. The minimum Gasteiger partial charge on any atom is -0.387 e. The molecule has 0 saturated heterocycles. The number of rotatable bonds is 5. The van der Waals surface area contributed by atoms with Crippen LogP contribution < -0.4 is 5.32 Å². The normalized spacial score (nSPS) is 24.8. The van der Waals surface area contributed by atoms with Crippen molar-refractivity contribution in [2.24, 2.45) is 5.41 Å². The molecule has 0 bridgehead atoms. The summed E-state index contributed by atoms with van der Waals surface area (Å²) in [5.74, 6) is -3.20. The molecule has 0 aliphatic heterocycles. The molecule has 1 saturated carbocycles.